The number of H-pyrrole nitrogens is 1. The first-order valence-electron chi connectivity index (χ1n) is 12.1. The second kappa shape index (κ2) is 11.3. The second-order valence-electron chi connectivity index (χ2n) is 8.68. The van der Waals surface area contributed by atoms with Crippen LogP contribution in [0.4, 0.5) is 5.82 Å². The third-order valence-corrected chi connectivity index (χ3v) is 6.91. The molecule has 0 saturated carbocycles. The summed E-state index contributed by atoms with van der Waals surface area (Å²) >= 11 is 1.56. The van der Waals surface area contributed by atoms with E-state index in [0.717, 1.165) is 36.1 Å². The van der Waals surface area contributed by atoms with Gasteiger partial charge in [-0.15, -0.1) is 11.3 Å². The molecule has 4 rings (SSSR count). The number of carbonyl (C=O) groups excluding carboxylic acids is 1. The lowest BCUT2D eigenvalue weighted by atomic mass is 9.97. The summed E-state index contributed by atoms with van der Waals surface area (Å²) in [6.07, 6.45) is 4.03. The van der Waals surface area contributed by atoms with Crippen LogP contribution in [0.2, 0.25) is 0 Å². The number of thiophene rings is 1. The van der Waals surface area contributed by atoms with E-state index in [1.165, 1.54) is 4.68 Å². The molecule has 3 aromatic heterocycles. The van der Waals surface area contributed by atoms with Gasteiger partial charge < -0.3 is 5.32 Å². The lowest BCUT2D eigenvalue weighted by molar-refractivity contribution is -0.120. The van der Waals surface area contributed by atoms with E-state index in [4.69, 9.17) is 5.10 Å². The number of rotatable bonds is 10. The summed E-state index contributed by atoms with van der Waals surface area (Å²) in [5.41, 5.74) is 2.79. The molecular formula is C27H31N5O2S. The normalized spacial score (nSPS) is 11.2. The molecule has 35 heavy (non-hydrogen) atoms. The third kappa shape index (κ3) is 5.77. The van der Waals surface area contributed by atoms with E-state index in [2.05, 4.69) is 29.1 Å². The number of nitrogens with zero attached hydrogens (tertiary/aromatic N) is 3. The lowest BCUT2D eigenvalue weighted by Crippen LogP contribution is -2.25. The highest BCUT2D eigenvalue weighted by atomic mass is 32.1. The molecule has 0 unspecified atom stereocenters. The molecule has 1 aromatic carbocycles. The van der Waals surface area contributed by atoms with Gasteiger partial charge in [0.15, 0.2) is 0 Å². The Labute approximate surface area is 209 Å². The van der Waals surface area contributed by atoms with Gasteiger partial charge in [-0.2, -0.15) is 9.78 Å². The number of nitrogens with one attached hydrogen (secondary N) is 2. The van der Waals surface area contributed by atoms with Crippen molar-refractivity contribution in [1.82, 2.24) is 19.7 Å². The van der Waals surface area contributed by atoms with Crippen molar-refractivity contribution in [2.24, 2.45) is 5.92 Å². The number of amides is 1. The van der Waals surface area contributed by atoms with Crippen LogP contribution in [0.1, 0.15) is 56.4 Å². The standard InChI is InChI=1S/C27H31N5O2S/c1-4-10-20(11-5-2)25(33)29-24-17-22(23-14-9-15-35-23)31-32(24)27-28-18(3)21(26(34)30-27)16-19-12-7-6-8-13-19/h6-9,12-15,17,20H,4-5,10-11,16H2,1-3H3,(H,29,33)(H,28,30,34). The SMILES string of the molecule is CCCC(CCC)C(=O)Nc1cc(-c2cccs2)nn1-c1nc(C)c(Cc2ccccc2)c(=O)[nH]1. The Kier molecular flexibility index (Phi) is 7.92. The van der Waals surface area contributed by atoms with E-state index < -0.39 is 0 Å². The highest BCUT2D eigenvalue weighted by Gasteiger charge is 2.21. The Morgan fingerprint density at radius 2 is 1.86 bits per heavy atom. The first-order valence-corrected chi connectivity index (χ1v) is 13.0. The van der Waals surface area contributed by atoms with Crippen LogP contribution >= 0.6 is 11.3 Å². The summed E-state index contributed by atoms with van der Waals surface area (Å²) in [6.45, 7) is 6.00. The maximum atomic E-state index is 13.1. The quantitative estimate of drug-likeness (QED) is 0.297. The molecular weight excluding hydrogens is 458 g/mol. The average Bonchev–Trinajstić information content (AvgIpc) is 3.52. The molecule has 0 saturated heterocycles. The monoisotopic (exact) mass is 489 g/mol. The van der Waals surface area contributed by atoms with Gasteiger partial charge in [-0.3, -0.25) is 14.6 Å². The van der Waals surface area contributed by atoms with Crippen molar-refractivity contribution >= 4 is 23.1 Å². The van der Waals surface area contributed by atoms with Crippen molar-refractivity contribution in [1.29, 1.82) is 0 Å². The van der Waals surface area contributed by atoms with Gasteiger partial charge in [0.1, 0.15) is 11.5 Å². The van der Waals surface area contributed by atoms with Crippen LogP contribution < -0.4 is 10.9 Å². The van der Waals surface area contributed by atoms with E-state index in [0.29, 0.717) is 29.2 Å². The van der Waals surface area contributed by atoms with Crippen LogP contribution in [0.15, 0.2) is 58.7 Å². The maximum absolute atomic E-state index is 13.1. The number of aromatic nitrogens is 4. The van der Waals surface area contributed by atoms with Crippen molar-refractivity contribution < 1.29 is 4.79 Å². The number of aryl methyl sites for hydroxylation is 1. The van der Waals surface area contributed by atoms with Crippen LogP contribution in [0.25, 0.3) is 16.5 Å². The molecule has 7 nitrogen and oxygen atoms in total. The van der Waals surface area contributed by atoms with E-state index >= 15 is 0 Å². The zero-order valence-corrected chi connectivity index (χ0v) is 21.2. The lowest BCUT2D eigenvalue weighted by Gasteiger charge is -2.16. The summed E-state index contributed by atoms with van der Waals surface area (Å²) in [7, 11) is 0. The molecule has 3 heterocycles. The molecule has 0 bridgehead atoms. The van der Waals surface area contributed by atoms with Crippen LogP contribution in [-0.2, 0) is 11.2 Å². The van der Waals surface area contributed by atoms with Gasteiger partial charge in [-0.25, -0.2) is 4.98 Å². The maximum Gasteiger partial charge on any atom is 0.256 e. The van der Waals surface area contributed by atoms with Gasteiger partial charge in [0, 0.05) is 24.0 Å². The number of carbonyl (C=O) groups is 1. The minimum atomic E-state index is -0.211. The van der Waals surface area contributed by atoms with Crippen LogP contribution in [0.5, 0.6) is 0 Å². The molecule has 0 aliphatic heterocycles. The van der Waals surface area contributed by atoms with Crippen molar-refractivity contribution in [3.05, 3.63) is 81.1 Å². The van der Waals surface area contributed by atoms with Gasteiger partial charge in [0.2, 0.25) is 11.9 Å². The van der Waals surface area contributed by atoms with Crippen molar-refractivity contribution in [3.63, 3.8) is 0 Å². The molecule has 0 atom stereocenters. The molecule has 0 aliphatic carbocycles. The fourth-order valence-electron chi connectivity index (χ4n) is 4.21. The van der Waals surface area contributed by atoms with Gasteiger partial charge in [0.05, 0.1) is 10.6 Å². The molecule has 0 spiro atoms. The van der Waals surface area contributed by atoms with Crippen LogP contribution in [0.3, 0.4) is 0 Å². The molecule has 0 fully saturated rings. The largest absolute Gasteiger partial charge is 0.310 e. The number of benzene rings is 1. The summed E-state index contributed by atoms with van der Waals surface area (Å²) in [5.74, 6) is 0.673. The molecule has 1 amide bonds. The van der Waals surface area contributed by atoms with Crippen LogP contribution in [0, 0.1) is 12.8 Å². The minimum absolute atomic E-state index is 0.0349. The van der Waals surface area contributed by atoms with E-state index in [-0.39, 0.29) is 23.3 Å². The minimum Gasteiger partial charge on any atom is -0.310 e. The van der Waals surface area contributed by atoms with Crippen molar-refractivity contribution in [2.45, 2.75) is 52.9 Å². The number of anilines is 1. The van der Waals surface area contributed by atoms with Crippen molar-refractivity contribution in [2.75, 3.05) is 5.32 Å². The van der Waals surface area contributed by atoms with Gasteiger partial charge in [0.25, 0.3) is 5.56 Å². The van der Waals surface area contributed by atoms with E-state index in [9.17, 15) is 9.59 Å². The average molecular weight is 490 g/mol. The molecule has 0 aliphatic rings. The number of aromatic amines is 1. The Hall–Kier alpha value is -3.52. The Morgan fingerprint density at radius 1 is 1.11 bits per heavy atom. The summed E-state index contributed by atoms with van der Waals surface area (Å²) < 4.78 is 1.53. The first kappa shape index (κ1) is 24.6. The Bertz CT molecular complexity index is 1320. The fourth-order valence-corrected chi connectivity index (χ4v) is 4.89. The summed E-state index contributed by atoms with van der Waals surface area (Å²) in [4.78, 5) is 34.7. The topological polar surface area (TPSA) is 92.7 Å². The second-order valence-corrected chi connectivity index (χ2v) is 9.63. The van der Waals surface area contributed by atoms with Gasteiger partial charge >= 0.3 is 0 Å². The van der Waals surface area contributed by atoms with Crippen LogP contribution in [-0.4, -0.2) is 25.7 Å². The smallest absolute Gasteiger partial charge is 0.256 e. The molecule has 4 aromatic rings. The van der Waals surface area contributed by atoms with E-state index in [1.54, 1.807) is 11.3 Å². The Morgan fingerprint density at radius 3 is 2.49 bits per heavy atom. The summed E-state index contributed by atoms with van der Waals surface area (Å²) in [6, 6.07) is 15.6. The molecule has 182 valence electrons. The first-order chi connectivity index (χ1) is 17.0. The fraction of sp³-hybridized carbons (Fsp3) is 0.333. The predicted octanol–water partition coefficient (Wildman–Crippen LogP) is 5.74. The Balaban J connectivity index is 1.71. The van der Waals surface area contributed by atoms with Crippen molar-refractivity contribution in [3.8, 4) is 16.5 Å². The zero-order chi connectivity index (χ0) is 24.8. The van der Waals surface area contributed by atoms with E-state index in [1.807, 2.05) is 60.8 Å². The van der Waals surface area contributed by atoms with Gasteiger partial charge in [-0.05, 0) is 36.8 Å². The number of hydrogen-bond acceptors (Lipinski definition) is 5. The highest BCUT2D eigenvalue weighted by molar-refractivity contribution is 7.13. The van der Waals surface area contributed by atoms with Gasteiger partial charge in [-0.1, -0.05) is 63.1 Å². The zero-order valence-electron chi connectivity index (χ0n) is 20.4. The molecule has 0 radical (unpaired) electrons. The molecule has 2 N–H and O–H groups in total. The number of hydrogen-bond donors (Lipinski definition) is 2. The third-order valence-electron chi connectivity index (χ3n) is 6.01. The molecule has 8 heteroatoms. The highest BCUT2D eigenvalue weighted by Crippen LogP contribution is 2.28. The predicted molar refractivity (Wildman–Crippen MR) is 141 cm³/mol. The summed E-state index contributed by atoms with van der Waals surface area (Å²) in [5, 5.41) is 9.74.